The largest absolute Gasteiger partial charge is 0.480 e. The third kappa shape index (κ3) is 5.25. The number of ether oxygens (including phenoxy) is 1. The number of thiazole rings is 1. The van der Waals surface area contributed by atoms with Gasteiger partial charge in [0.1, 0.15) is 22.5 Å². The Labute approximate surface area is 206 Å². The summed E-state index contributed by atoms with van der Waals surface area (Å²) >= 11 is 1.09. The Morgan fingerprint density at radius 3 is 2.37 bits per heavy atom. The Morgan fingerprint density at radius 1 is 1.14 bits per heavy atom. The lowest BCUT2D eigenvalue weighted by atomic mass is 9.98. The number of carbonyl (C=O) groups excluding carboxylic acids is 2. The Hall–Kier alpha value is -3.98. The molecule has 0 fully saturated rings. The highest BCUT2D eigenvalue weighted by molar-refractivity contribution is 7.13. The molecule has 0 bridgehead atoms. The van der Waals surface area contributed by atoms with Crippen LogP contribution in [0.5, 0.6) is 0 Å². The fourth-order valence-electron chi connectivity index (χ4n) is 4.15. The number of carboxylic acids is 1. The number of aryl methyl sites for hydroxylation is 1. The molecule has 0 aliphatic heterocycles. The number of carbonyl (C=O) groups is 3. The van der Waals surface area contributed by atoms with Crippen LogP contribution in [0.15, 0.2) is 61.2 Å². The van der Waals surface area contributed by atoms with Crippen LogP contribution < -0.4 is 10.6 Å². The van der Waals surface area contributed by atoms with E-state index in [-0.39, 0.29) is 25.5 Å². The van der Waals surface area contributed by atoms with E-state index in [4.69, 9.17) is 4.74 Å². The number of rotatable bonds is 9. The molecule has 9 heteroatoms. The van der Waals surface area contributed by atoms with Crippen molar-refractivity contribution < 1.29 is 24.2 Å². The molecule has 2 aromatic carbocycles. The first-order valence-corrected chi connectivity index (χ1v) is 11.9. The highest BCUT2D eigenvalue weighted by Crippen LogP contribution is 2.44. The Kier molecular flexibility index (Phi) is 7.26. The molecule has 1 aliphatic carbocycles. The molecule has 0 saturated carbocycles. The molecule has 1 heterocycles. The summed E-state index contributed by atoms with van der Waals surface area (Å²) in [6, 6.07) is 15.1. The molecule has 0 radical (unpaired) electrons. The minimum absolute atomic E-state index is 0.0386. The molecular formula is C26H25N3O5S. The lowest BCUT2D eigenvalue weighted by Crippen LogP contribution is -2.40. The van der Waals surface area contributed by atoms with Gasteiger partial charge in [-0.05, 0) is 35.6 Å². The number of benzene rings is 2. The molecule has 1 aromatic heterocycles. The third-order valence-corrected chi connectivity index (χ3v) is 6.94. The molecule has 0 saturated heterocycles. The zero-order valence-electron chi connectivity index (χ0n) is 19.1. The predicted molar refractivity (Wildman–Crippen MR) is 132 cm³/mol. The summed E-state index contributed by atoms with van der Waals surface area (Å²) in [4.78, 5) is 40.8. The van der Waals surface area contributed by atoms with Gasteiger partial charge in [-0.2, -0.15) is 0 Å². The maximum Gasteiger partial charge on any atom is 0.407 e. The summed E-state index contributed by atoms with van der Waals surface area (Å²) in [5.41, 5.74) is 5.02. The van der Waals surface area contributed by atoms with Crippen molar-refractivity contribution in [1.29, 1.82) is 0 Å². The summed E-state index contributed by atoms with van der Waals surface area (Å²) in [7, 11) is 0. The normalized spacial score (nSPS) is 12.8. The maximum absolute atomic E-state index is 12.5. The number of nitrogens with one attached hydrogen (secondary N) is 2. The van der Waals surface area contributed by atoms with Crippen LogP contribution in [0.1, 0.15) is 43.8 Å². The van der Waals surface area contributed by atoms with E-state index < -0.39 is 24.0 Å². The average Bonchev–Trinajstić information content (AvgIpc) is 3.38. The van der Waals surface area contributed by atoms with Gasteiger partial charge >= 0.3 is 12.1 Å². The monoisotopic (exact) mass is 491 g/mol. The molecule has 8 nitrogen and oxygen atoms in total. The fraction of sp³-hybridized carbons (Fsp3) is 0.231. The third-order valence-electron chi connectivity index (χ3n) is 5.78. The van der Waals surface area contributed by atoms with Gasteiger partial charge in [0.05, 0.1) is 12.2 Å². The van der Waals surface area contributed by atoms with Crippen LogP contribution in [-0.4, -0.2) is 40.7 Å². The smallest absolute Gasteiger partial charge is 0.407 e. The number of aromatic nitrogens is 1. The molecule has 0 spiro atoms. The van der Waals surface area contributed by atoms with E-state index in [9.17, 15) is 19.5 Å². The Bertz CT molecular complexity index is 1240. The number of nitrogens with zero attached hydrogens (tertiary/aromatic N) is 1. The Morgan fingerprint density at radius 2 is 1.77 bits per heavy atom. The van der Waals surface area contributed by atoms with Crippen LogP contribution in [0.25, 0.3) is 11.1 Å². The van der Waals surface area contributed by atoms with Crippen LogP contribution in [0, 0.1) is 6.92 Å². The number of hydrogen-bond acceptors (Lipinski definition) is 6. The van der Waals surface area contributed by atoms with Gasteiger partial charge < -0.3 is 20.5 Å². The maximum atomic E-state index is 12.5. The molecule has 1 unspecified atom stereocenters. The first-order chi connectivity index (χ1) is 16.9. The summed E-state index contributed by atoms with van der Waals surface area (Å²) < 4.78 is 5.52. The molecule has 2 amide bonds. The molecule has 180 valence electrons. The lowest BCUT2D eigenvalue weighted by Gasteiger charge is -2.14. The first-order valence-electron chi connectivity index (χ1n) is 11.1. The number of amides is 2. The molecule has 3 aromatic rings. The van der Waals surface area contributed by atoms with E-state index in [1.54, 1.807) is 6.92 Å². The van der Waals surface area contributed by atoms with Gasteiger partial charge in [0, 0.05) is 5.92 Å². The number of carboxylic acid groups (broad SMARTS) is 1. The summed E-state index contributed by atoms with van der Waals surface area (Å²) in [5.74, 6) is -1.71. The lowest BCUT2D eigenvalue weighted by molar-refractivity contribution is -0.139. The zero-order chi connectivity index (χ0) is 24.9. The number of alkyl carbamates (subject to hydrolysis) is 1. The first kappa shape index (κ1) is 24.2. The van der Waals surface area contributed by atoms with Gasteiger partial charge in [-0.15, -0.1) is 17.9 Å². The van der Waals surface area contributed by atoms with Crippen molar-refractivity contribution in [3.63, 3.8) is 0 Å². The Balaban J connectivity index is 1.34. The SMILES string of the molecule is C=CCC(NC(=O)c1sc(CNC(=O)OCC2c3ccccc3-c3ccccc32)nc1C)C(=O)O. The highest BCUT2D eigenvalue weighted by Gasteiger charge is 2.29. The summed E-state index contributed by atoms with van der Waals surface area (Å²) in [5, 5.41) is 14.9. The average molecular weight is 492 g/mol. The number of fused-ring (bicyclic) bond motifs is 3. The van der Waals surface area contributed by atoms with Crippen molar-refractivity contribution in [1.82, 2.24) is 15.6 Å². The topological polar surface area (TPSA) is 118 Å². The second-order valence-corrected chi connectivity index (χ2v) is 9.17. The molecule has 3 N–H and O–H groups in total. The second kappa shape index (κ2) is 10.5. The number of hydrogen-bond donors (Lipinski definition) is 3. The van der Waals surface area contributed by atoms with E-state index in [2.05, 4.69) is 46.5 Å². The van der Waals surface area contributed by atoms with E-state index >= 15 is 0 Å². The minimum Gasteiger partial charge on any atom is -0.480 e. The highest BCUT2D eigenvalue weighted by atomic mass is 32.1. The zero-order valence-corrected chi connectivity index (χ0v) is 19.9. The molecular weight excluding hydrogens is 466 g/mol. The van der Waals surface area contributed by atoms with Crippen molar-refractivity contribution in [2.45, 2.75) is 31.8 Å². The van der Waals surface area contributed by atoms with Gasteiger partial charge in [-0.1, -0.05) is 54.6 Å². The van der Waals surface area contributed by atoms with E-state index in [1.165, 1.54) is 6.08 Å². The van der Waals surface area contributed by atoms with Gasteiger partial charge in [0.15, 0.2) is 0 Å². The standard InChI is InChI=1S/C26H25N3O5S/c1-3-8-21(25(31)32)29-24(30)23-15(2)28-22(35-23)13-27-26(33)34-14-20-18-11-6-4-9-16(18)17-10-5-7-12-19(17)20/h3-7,9-12,20-21H,1,8,13-14H2,2H3,(H,27,33)(H,29,30)(H,31,32). The quantitative estimate of drug-likeness (QED) is 0.385. The van der Waals surface area contributed by atoms with Gasteiger partial charge in [0.2, 0.25) is 0 Å². The number of aliphatic carboxylic acids is 1. The van der Waals surface area contributed by atoms with Crippen molar-refractivity contribution in [2.75, 3.05) is 6.61 Å². The van der Waals surface area contributed by atoms with Crippen LogP contribution in [-0.2, 0) is 16.1 Å². The van der Waals surface area contributed by atoms with E-state index in [1.807, 2.05) is 24.3 Å². The van der Waals surface area contributed by atoms with Crippen LogP contribution in [0.3, 0.4) is 0 Å². The molecule has 4 rings (SSSR count). The van der Waals surface area contributed by atoms with E-state index in [0.717, 1.165) is 33.6 Å². The molecule has 1 atom stereocenters. The summed E-state index contributed by atoms with van der Waals surface area (Å²) in [6.45, 7) is 5.46. The van der Waals surface area contributed by atoms with Crippen LogP contribution in [0.2, 0.25) is 0 Å². The second-order valence-electron chi connectivity index (χ2n) is 8.09. The predicted octanol–water partition coefficient (Wildman–Crippen LogP) is 4.25. The summed E-state index contributed by atoms with van der Waals surface area (Å²) in [6.07, 6.45) is 0.958. The van der Waals surface area contributed by atoms with Gasteiger partial charge in [-0.3, -0.25) is 4.79 Å². The van der Waals surface area contributed by atoms with Crippen LogP contribution >= 0.6 is 11.3 Å². The molecule has 1 aliphatic rings. The van der Waals surface area contributed by atoms with E-state index in [0.29, 0.717) is 15.6 Å². The van der Waals surface area contributed by atoms with Gasteiger partial charge in [-0.25, -0.2) is 14.6 Å². The fourth-order valence-corrected chi connectivity index (χ4v) is 5.06. The van der Waals surface area contributed by atoms with Gasteiger partial charge in [0.25, 0.3) is 5.91 Å². The minimum atomic E-state index is -1.14. The van der Waals surface area contributed by atoms with Crippen molar-refractivity contribution in [2.24, 2.45) is 0 Å². The van der Waals surface area contributed by atoms with Crippen molar-refractivity contribution in [3.05, 3.63) is 87.9 Å². The van der Waals surface area contributed by atoms with Crippen molar-refractivity contribution in [3.8, 4) is 11.1 Å². The van der Waals surface area contributed by atoms with Crippen LogP contribution in [0.4, 0.5) is 4.79 Å². The van der Waals surface area contributed by atoms with Crippen molar-refractivity contribution >= 4 is 29.3 Å². The molecule has 35 heavy (non-hydrogen) atoms.